The Balaban J connectivity index is 1.93. The average molecular weight is 434 g/mol. The fraction of sp³-hybridized carbons (Fsp3) is 0.286. The number of para-hydroxylation sites is 1. The molecule has 0 aliphatic rings. The first-order chi connectivity index (χ1) is 14.2. The number of amides is 2. The second-order valence-corrected chi connectivity index (χ2v) is 7.51. The fourth-order valence-electron chi connectivity index (χ4n) is 2.24. The smallest absolute Gasteiger partial charge is 0.428 e. The van der Waals surface area contributed by atoms with E-state index in [-0.39, 0.29) is 12.5 Å². The Kier molecular flexibility index (Phi) is 8.06. The molecule has 2 N–H and O–H groups in total. The van der Waals surface area contributed by atoms with Gasteiger partial charge in [-0.1, -0.05) is 23.7 Å². The Labute approximate surface area is 180 Å². The lowest BCUT2D eigenvalue weighted by molar-refractivity contribution is -0.118. The molecule has 0 radical (unpaired) electrons. The van der Waals surface area contributed by atoms with Gasteiger partial charge in [-0.3, -0.25) is 4.79 Å². The number of methoxy groups -OCH3 is 1. The van der Waals surface area contributed by atoms with Crippen molar-refractivity contribution in [2.75, 3.05) is 19.0 Å². The molecule has 0 saturated carbocycles. The number of hydrogen-bond acceptors (Lipinski definition) is 6. The number of anilines is 1. The van der Waals surface area contributed by atoms with Gasteiger partial charge < -0.3 is 19.5 Å². The van der Waals surface area contributed by atoms with Gasteiger partial charge in [0.1, 0.15) is 5.60 Å². The summed E-state index contributed by atoms with van der Waals surface area (Å²) in [5.74, 6) is 0.420. The number of benzene rings is 2. The van der Waals surface area contributed by atoms with Crippen LogP contribution in [0.15, 0.2) is 47.6 Å². The van der Waals surface area contributed by atoms with Gasteiger partial charge in [0.05, 0.1) is 24.0 Å². The molecular formula is C21H24ClN3O5. The normalized spacial score (nSPS) is 11.1. The lowest BCUT2D eigenvalue weighted by Gasteiger charge is -2.18. The molecule has 0 atom stereocenters. The summed E-state index contributed by atoms with van der Waals surface area (Å²) in [5.41, 5.74) is 2.82. The summed E-state index contributed by atoms with van der Waals surface area (Å²) in [7, 11) is 1.48. The number of carbonyl (C=O) groups excluding carboxylic acids is 2. The Bertz CT molecular complexity index is 925. The highest BCUT2D eigenvalue weighted by Crippen LogP contribution is 2.27. The Morgan fingerprint density at radius 3 is 2.53 bits per heavy atom. The molecule has 160 valence electrons. The molecule has 0 spiro atoms. The van der Waals surface area contributed by atoms with Crippen molar-refractivity contribution in [2.45, 2.75) is 26.4 Å². The number of hydrogen-bond donors (Lipinski definition) is 2. The van der Waals surface area contributed by atoms with Crippen molar-refractivity contribution in [3.05, 3.63) is 53.1 Å². The topological polar surface area (TPSA) is 98.2 Å². The highest BCUT2D eigenvalue weighted by atomic mass is 35.5. The van der Waals surface area contributed by atoms with E-state index in [1.54, 1.807) is 63.2 Å². The predicted molar refractivity (Wildman–Crippen MR) is 116 cm³/mol. The lowest BCUT2D eigenvalue weighted by Crippen LogP contribution is -2.29. The van der Waals surface area contributed by atoms with Gasteiger partial charge in [0.15, 0.2) is 18.1 Å². The third-order valence-electron chi connectivity index (χ3n) is 3.46. The Morgan fingerprint density at radius 2 is 1.87 bits per heavy atom. The van der Waals surface area contributed by atoms with Gasteiger partial charge in [0.2, 0.25) is 0 Å². The van der Waals surface area contributed by atoms with Crippen LogP contribution in [-0.4, -0.2) is 37.5 Å². The summed E-state index contributed by atoms with van der Waals surface area (Å²) < 4.78 is 15.9. The highest BCUT2D eigenvalue weighted by Gasteiger charge is 2.15. The third kappa shape index (κ3) is 7.63. The van der Waals surface area contributed by atoms with Crippen LogP contribution in [-0.2, 0) is 9.53 Å². The highest BCUT2D eigenvalue weighted by molar-refractivity contribution is 6.33. The quantitative estimate of drug-likeness (QED) is 0.503. The first-order valence-corrected chi connectivity index (χ1v) is 9.43. The van der Waals surface area contributed by atoms with Crippen LogP contribution in [0, 0.1) is 0 Å². The van der Waals surface area contributed by atoms with Crippen LogP contribution >= 0.6 is 11.6 Å². The first kappa shape index (κ1) is 23.0. The lowest BCUT2D eigenvalue weighted by atomic mass is 10.2. The van der Waals surface area contributed by atoms with Crippen molar-refractivity contribution in [2.24, 2.45) is 5.10 Å². The van der Waals surface area contributed by atoms with E-state index in [0.29, 0.717) is 27.8 Å². The molecule has 2 aromatic rings. The molecule has 0 aromatic heterocycles. The summed E-state index contributed by atoms with van der Waals surface area (Å²) in [4.78, 5) is 23.7. The Hall–Kier alpha value is -3.26. The van der Waals surface area contributed by atoms with Crippen molar-refractivity contribution in [3.63, 3.8) is 0 Å². The van der Waals surface area contributed by atoms with Crippen LogP contribution in [0.2, 0.25) is 5.02 Å². The summed E-state index contributed by atoms with van der Waals surface area (Å²) >= 11 is 6.02. The summed E-state index contributed by atoms with van der Waals surface area (Å²) in [5, 5.41) is 6.95. The molecule has 2 amide bonds. The van der Waals surface area contributed by atoms with Gasteiger partial charge in [0.25, 0.3) is 5.91 Å². The molecule has 2 aromatic carbocycles. The summed E-state index contributed by atoms with van der Waals surface area (Å²) in [6.07, 6.45) is 0.774. The van der Waals surface area contributed by atoms with Gasteiger partial charge in [-0.2, -0.15) is 5.10 Å². The zero-order chi connectivity index (χ0) is 22.1. The fourth-order valence-corrected chi connectivity index (χ4v) is 2.42. The SMILES string of the molecule is COc1cc(/C=N/NC(=O)OC(C)(C)C)ccc1OCC(=O)Nc1ccccc1Cl. The van der Waals surface area contributed by atoms with E-state index < -0.39 is 11.7 Å². The molecule has 0 bridgehead atoms. The molecule has 0 fully saturated rings. The standard InChI is InChI=1S/C21H24ClN3O5/c1-21(2,3)30-20(27)25-23-12-14-9-10-17(18(11-14)28-4)29-13-19(26)24-16-8-6-5-7-15(16)22/h5-12H,13H2,1-4H3,(H,24,26)(H,25,27)/b23-12+. The van der Waals surface area contributed by atoms with Crippen LogP contribution in [0.3, 0.4) is 0 Å². The zero-order valence-electron chi connectivity index (χ0n) is 17.2. The minimum Gasteiger partial charge on any atom is -0.493 e. The van der Waals surface area contributed by atoms with E-state index in [1.807, 2.05) is 0 Å². The van der Waals surface area contributed by atoms with Crippen LogP contribution in [0.4, 0.5) is 10.5 Å². The van der Waals surface area contributed by atoms with Crippen LogP contribution in [0.25, 0.3) is 0 Å². The number of nitrogens with one attached hydrogen (secondary N) is 2. The van der Waals surface area contributed by atoms with E-state index in [0.717, 1.165) is 0 Å². The van der Waals surface area contributed by atoms with Gasteiger partial charge in [-0.25, -0.2) is 10.2 Å². The molecule has 0 aliphatic heterocycles. The van der Waals surface area contributed by atoms with Crippen molar-refractivity contribution >= 4 is 35.5 Å². The summed E-state index contributed by atoms with van der Waals surface area (Å²) in [6.45, 7) is 5.05. The van der Waals surface area contributed by atoms with Crippen molar-refractivity contribution in [1.82, 2.24) is 5.43 Å². The van der Waals surface area contributed by atoms with Crippen molar-refractivity contribution < 1.29 is 23.8 Å². The second kappa shape index (κ2) is 10.5. The second-order valence-electron chi connectivity index (χ2n) is 7.10. The Morgan fingerprint density at radius 1 is 1.13 bits per heavy atom. The van der Waals surface area contributed by atoms with Gasteiger partial charge >= 0.3 is 6.09 Å². The molecular weight excluding hydrogens is 410 g/mol. The molecule has 0 saturated heterocycles. The van der Waals surface area contributed by atoms with Crippen LogP contribution < -0.4 is 20.2 Å². The van der Waals surface area contributed by atoms with E-state index in [1.165, 1.54) is 13.3 Å². The van der Waals surface area contributed by atoms with E-state index in [4.69, 9.17) is 25.8 Å². The first-order valence-electron chi connectivity index (χ1n) is 9.05. The van der Waals surface area contributed by atoms with E-state index >= 15 is 0 Å². The molecule has 0 heterocycles. The number of halogens is 1. The van der Waals surface area contributed by atoms with Crippen molar-refractivity contribution in [1.29, 1.82) is 0 Å². The number of carbonyl (C=O) groups is 2. The van der Waals surface area contributed by atoms with Crippen LogP contribution in [0.1, 0.15) is 26.3 Å². The molecule has 9 heteroatoms. The zero-order valence-corrected chi connectivity index (χ0v) is 17.9. The van der Waals surface area contributed by atoms with Crippen molar-refractivity contribution in [3.8, 4) is 11.5 Å². The van der Waals surface area contributed by atoms with E-state index in [2.05, 4.69) is 15.8 Å². The maximum Gasteiger partial charge on any atom is 0.428 e. The van der Waals surface area contributed by atoms with Gasteiger partial charge in [0, 0.05) is 0 Å². The third-order valence-corrected chi connectivity index (χ3v) is 3.79. The number of nitrogens with zero attached hydrogens (tertiary/aromatic N) is 1. The van der Waals surface area contributed by atoms with E-state index in [9.17, 15) is 9.59 Å². The molecule has 30 heavy (non-hydrogen) atoms. The monoisotopic (exact) mass is 433 g/mol. The minimum atomic E-state index is -0.657. The van der Waals surface area contributed by atoms with Gasteiger partial charge in [-0.15, -0.1) is 0 Å². The minimum absolute atomic E-state index is 0.227. The number of hydrazone groups is 1. The molecule has 2 rings (SSSR count). The summed E-state index contributed by atoms with van der Waals surface area (Å²) in [6, 6.07) is 11.9. The van der Waals surface area contributed by atoms with Gasteiger partial charge in [-0.05, 0) is 56.7 Å². The largest absolute Gasteiger partial charge is 0.493 e. The maximum absolute atomic E-state index is 12.1. The number of rotatable bonds is 7. The molecule has 8 nitrogen and oxygen atoms in total. The molecule has 0 aliphatic carbocycles. The number of ether oxygens (including phenoxy) is 3. The van der Waals surface area contributed by atoms with Crippen LogP contribution in [0.5, 0.6) is 11.5 Å². The average Bonchev–Trinajstić information content (AvgIpc) is 2.67. The molecule has 0 unspecified atom stereocenters. The predicted octanol–water partition coefficient (Wildman–Crippen LogP) is 4.22. The maximum atomic E-state index is 12.1.